The van der Waals surface area contributed by atoms with E-state index in [0.717, 1.165) is 32.5 Å². The largest absolute Gasteiger partial charge is 0.489 e. The summed E-state index contributed by atoms with van der Waals surface area (Å²) >= 11 is 0. The number of nitrogens with one attached hydrogen (secondary N) is 1. The summed E-state index contributed by atoms with van der Waals surface area (Å²) in [5.74, 6) is -0.272. The third-order valence-corrected chi connectivity index (χ3v) is 8.21. The van der Waals surface area contributed by atoms with Crippen molar-refractivity contribution in [1.29, 1.82) is 5.26 Å². The van der Waals surface area contributed by atoms with Crippen LogP contribution in [0.3, 0.4) is 0 Å². The Balaban J connectivity index is 1.65. The predicted molar refractivity (Wildman–Crippen MR) is 131 cm³/mol. The molecule has 2 N–H and O–H groups in total. The number of carbonyl (C=O) groups is 1. The minimum atomic E-state index is -4.64. The quantitative estimate of drug-likeness (QED) is 0.526. The van der Waals surface area contributed by atoms with Gasteiger partial charge in [-0.15, -0.1) is 0 Å². The van der Waals surface area contributed by atoms with Crippen molar-refractivity contribution >= 4 is 26.8 Å². The van der Waals surface area contributed by atoms with E-state index in [1.54, 1.807) is 24.3 Å². The summed E-state index contributed by atoms with van der Waals surface area (Å²) in [6, 6.07) is 10.0. The molecule has 0 unspecified atom stereocenters. The molecule has 1 aliphatic carbocycles. The molecular formula is C26H27N3O5S. The summed E-state index contributed by atoms with van der Waals surface area (Å²) < 4.78 is 40.9. The molecule has 2 heterocycles. The number of nitriles is 1. The number of aromatic amines is 1. The third-order valence-electron chi connectivity index (χ3n) is 7.33. The zero-order valence-electron chi connectivity index (χ0n) is 19.9. The molecule has 1 aliphatic heterocycles. The number of hydrogen-bond acceptors (Lipinski definition) is 6. The summed E-state index contributed by atoms with van der Waals surface area (Å²) in [5.41, 5.74) is 2.43. The minimum absolute atomic E-state index is 0.0633. The fourth-order valence-corrected chi connectivity index (χ4v) is 5.95. The highest BCUT2D eigenvalue weighted by molar-refractivity contribution is 7.86. The van der Waals surface area contributed by atoms with Crippen molar-refractivity contribution in [2.24, 2.45) is 0 Å². The average molecular weight is 494 g/mol. The fourth-order valence-electron chi connectivity index (χ4n) is 5.32. The first kappa shape index (κ1) is 23.5. The Kier molecular flexibility index (Phi) is 5.51. The van der Waals surface area contributed by atoms with Crippen molar-refractivity contribution in [3.8, 4) is 11.8 Å². The lowest BCUT2D eigenvalue weighted by atomic mass is 9.71. The van der Waals surface area contributed by atoms with E-state index in [0.29, 0.717) is 33.3 Å². The van der Waals surface area contributed by atoms with Crippen molar-refractivity contribution in [3.63, 3.8) is 0 Å². The van der Waals surface area contributed by atoms with Crippen LogP contribution in [0.1, 0.15) is 66.4 Å². The highest BCUT2D eigenvalue weighted by atomic mass is 32.2. The van der Waals surface area contributed by atoms with Crippen molar-refractivity contribution < 1.29 is 22.5 Å². The second-order valence-electron chi connectivity index (χ2n) is 9.77. The van der Waals surface area contributed by atoms with Gasteiger partial charge in [-0.05, 0) is 49.2 Å². The van der Waals surface area contributed by atoms with Crippen molar-refractivity contribution in [1.82, 2.24) is 9.88 Å². The molecule has 182 valence electrons. The van der Waals surface area contributed by atoms with Crippen LogP contribution in [0.15, 0.2) is 35.2 Å². The molecule has 2 aliphatic rings. The standard InChI is InChI=1S/C26H27N3O5S/c1-4-29-9-7-16(8-10-29)34-21-13-19-18(12-22(21)35(31,32)33)24(30)23-17-6-5-15(14-27)11-20(17)28-25(23)26(19,2)3/h5-6,11-13,16,28H,4,7-10H2,1-3H3,(H,31,32,33). The van der Waals surface area contributed by atoms with E-state index in [2.05, 4.69) is 22.9 Å². The first-order chi connectivity index (χ1) is 16.5. The number of likely N-dealkylation sites (tertiary alicyclic amines) is 1. The lowest BCUT2D eigenvalue weighted by Gasteiger charge is -2.34. The molecule has 2 aromatic carbocycles. The van der Waals surface area contributed by atoms with E-state index in [-0.39, 0.29) is 23.2 Å². The Morgan fingerprint density at radius 2 is 1.94 bits per heavy atom. The summed E-state index contributed by atoms with van der Waals surface area (Å²) in [7, 11) is -4.64. The van der Waals surface area contributed by atoms with E-state index in [1.165, 1.54) is 6.07 Å². The van der Waals surface area contributed by atoms with Gasteiger partial charge in [0.25, 0.3) is 10.1 Å². The zero-order chi connectivity index (χ0) is 25.1. The van der Waals surface area contributed by atoms with Gasteiger partial charge in [0.2, 0.25) is 0 Å². The topological polar surface area (TPSA) is 123 Å². The molecule has 0 bridgehead atoms. The predicted octanol–water partition coefficient (Wildman–Crippen LogP) is 4.02. The van der Waals surface area contributed by atoms with Crippen LogP contribution in [-0.4, -0.2) is 54.4 Å². The van der Waals surface area contributed by atoms with Gasteiger partial charge >= 0.3 is 0 Å². The number of fused-ring (bicyclic) bond motifs is 4. The van der Waals surface area contributed by atoms with Crippen LogP contribution >= 0.6 is 0 Å². The first-order valence-corrected chi connectivity index (χ1v) is 13.1. The van der Waals surface area contributed by atoms with Gasteiger partial charge in [0.15, 0.2) is 5.78 Å². The molecule has 8 nitrogen and oxygen atoms in total. The Morgan fingerprint density at radius 3 is 2.57 bits per heavy atom. The summed E-state index contributed by atoms with van der Waals surface area (Å²) in [4.78, 5) is 18.9. The van der Waals surface area contributed by atoms with Crippen LogP contribution in [0.2, 0.25) is 0 Å². The fraction of sp³-hybridized carbons (Fsp3) is 0.385. The highest BCUT2D eigenvalue weighted by Gasteiger charge is 2.41. The van der Waals surface area contributed by atoms with Gasteiger partial charge < -0.3 is 14.6 Å². The van der Waals surface area contributed by atoms with Gasteiger partial charge in [0.05, 0.1) is 17.2 Å². The number of carbonyl (C=O) groups excluding carboxylic acids is 1. The molecule has 0 saturated carbocycles. The molecule has 0 atom stereocenters. The van der Waals surface area contributed by atoms with E-state index in [4.69, 9.17) is 4.74 Å². The maximum Gasteiger partial charge on any atom is 0.298 e. The maximum atomic E-state index is 13.7. The van der Waals surface area contributed by atoms with Gasteiger partial charge in [0, 0.05) is 40.7 Å². The number of ether oxygens (including phenoxy) is 1. The summed E-state index contributed by atoms with van der Waals surface area (Å²) in [6.45, 7) is 8.64. The zero-order valence-corrected chi connectivity index (χ0v) is 20.7. The van der Waals surface area contributed by atoms with Gasteiger partial charge in [0.1, 0.15) is 16.7 Å². The molecular weight excluding hydrogens is 466 g/mol. The number of ketones is 1. The average Bonchev–Trinajstić information content (AvgIpc) is 3.22. The molecule has 9 heteroatoms. The minimum Gasteiger partial charge on any atom is -0.489 e. The van der Waals surface area contributed by atoms with Crippen LogP contribution in [0, 0.1) is 11.3 Å². The van der Waals surface area contributed by atoms with Crippen molar-refractivity contribution in [2.75, 3.05) is 19.6 Å². The number of nitrogens with zero attached hydrogens (tertiary/aromatic N) is 2. The first-order valence-electron chi connectivity index (χ1n) is 11.7. The lowest BCUT2D eigenvalue weighted by Crippen LogP contribution is -2.38. The Bertz CT molecular complexity index is 1510. The highest BCUT2D eigenvalue weighted by Crippen LogP contribution is 2.46. The van der Waals surface area contributed by atoms with Crippen molar-refractivity contribution in [2.45, 2.75) is 50.0 Å². The molecule has 1 saturated heterocycles. The molecule has 0 spiro atoms. The number of benzene rings is 2. The second-order valence-corrected chi connectivity index (χ2v) is 11.2. The molecule has 0 amide bonds. The normalized spacial score (nSPS) is 18.2. The Hall–Kier alpha value is -3.19. The molecule has 3 aromatic rings. The SMILES string of the molecule is CCN1CCC(Oc2cc3c(cc2S(=O)(=O)O)C(=O)c2c([nH]c4cc(C#N)ccc24)C3(C)C)CC1. The van der Waals surface area contributed by atoms with Gasteiger partial charge in [-0.2, -0.15) is 13.7 Å². The van der Waals surface area contributed by atoms with E-state index < -0.39 is 20.4 Å². The number of rotatable bonds is 4. The third kappa shape index (κ3) is 3.82. The van der Waals surface area contributed by atoms with Crippen LogP contribution in [0.25, 0.3) is 10.9 Å². The summed E-state index contributed by atoms with van der Waals surface area (Å²) in [6.07, 6.45) is 1.30. The molecule has 5 rings (SSSR count). The van der Waals surface area contributed by atoms with E-state index >= 15 is 0 Å². The van der Waals surface area contributed by atoms with Crippen LogP contribution < -0.4 is 4.74 Å². The van der Waals surface area contributed by atoms with Gasteiger partial charge in [-0.25, -0.2) is 0 Å². The van der Waals surface area contributed by atoms with Crippen LogP contribution in [0.5, 0.6) is 5.75 Å². The number of hydrogen-bond donors (Lipinski definition) is 2. The monoisotopic (exact) mass is 493 g/mol. The second kappa shape index (κ2) is 8.19. The lowest BCUT2D eigenvalue weighted by molar-refractivity contribution is 0.100. The number of aromatic nitrogens is 1. The maximum absolute atomic E-state index is 13.7. The number of piperidine rings is 1. The molecule has 35 heavy (non-hydrogen) atoms. The van der Waals surface area contributed by atoms with E-state index in [1.807, 2.05) is 13.8 Å². The Labute approximate surface area is 204 Å². The van der Waals surface area contributed by atoms with Gasteiger partial charge in [-0.1, -0.05) is 26.8 Å². The molecule has 1 fully saturated rings. The molecule has 0 radical (unpaired) electrons. The van der Waals surface area contributed by atoms with E-state index in [9.17, 15) is 23.0 Å². The number of H-pyrrole nitrogens is 1. The smallest absolute Gasteiger partial charge is 0.298 e. The van der Waals surface area contributed by atoms with Crippen LogP contribution in [-0.2, 0) is 15.5 Å². The van der Waals surface area contributed by atoms with Crippen molar-refractivity contribution in [3.05, 3.63) is 58.3 Å². The van der Waals surface area contributed by atoms with Gasteiger partial charge in [-0.3, -0.25) is 9.35 Å². The summed E-state index contributed by atoms with van der Waals surface area (Å²) in [5, 5.41) is 9.94. The van der Waals surface area contributed by atoms with Crippen LogP contribution in [0.4, 0.5) is 0 Å². The molecule has 1 aromatic heterocycles. The Morgan fingerprint density at radius 1 is 1.23 bits per heavy atom.